The van der Waals surface area contributed by atoms with Gasteiger partial charge in [-0.05, 0) is 18.1 Å². The summed E-state index contributed by atoms with van der Waals surface area (Å²) in [6, 6.07) is 4.78. The first-order chi connectivity index (χ1) is 11.0. The molecular formula is C15H15FN2O4S. The Labute approximate surface area is 135 Å². The smallest absolute Gasteiger partial charge is 0.355 e. The summed E-state index contributed by atoms with van der Waals surface area (Å²) in [6.07, 6.45) is 0.356. The summed E-state index contributed by atoms with van der Waals surface area (Å²) in [5.41, 5.74) is 0.361. The lowest BCUT2D eigenvalue weighted by atomic mass is 10.1. The van der Waals surface area contributed by atoms with Gasteiger partial charge >= 0.3 is 5.97 Å². The predicted octanol–water partition coefficient (Wildman–Crippen LogP) is 2.24. The van der Waals surface area contributed by atoms with Gasteiger partial charge in [0.25, 0.3) is 0 Å². The summed E-state index contributed by atoms with van der Waals surface area (Å²) in [7, 11) is 1.38. The van der Waals surface area contributed by atoms with E-state index in [1.54, 1.807) is 12.1 Å². The molecule has 1 aromatic carbocycles. The Morgan fingerprint density at radius 3 is 2.87 bits per heavy atom. The van der Waals surface area contributed by atoms with Gasteiger partial charge in [0.2, 0.25) is 5.91 Å². The van der Waals surface area contributed by atoms with Crippen LogP contribution in [0, 0.1) is 5.82 Å². The Morgan fingerprint density at radius 1 is 1.43 bits per heavy atom. The van der Waals surface area contributed by atoms with Gasteiger partial charge in [-0.2, -0.15) is 0 Å². The number of aromatic nitrogens is 1. The minimum Gasteiger partial charge on any atom is -0.494 e. The molecule has 0 unspecified atom stereocenters. The third kappa shape index (κ3) is 4.49. The Morgan fingerprint density at radius 2 is 2.22 bits per heavy atom. The molecule has 0 saturated heterocycles. The molecule has 2 rings (SSSR count). The molecule has 1 amide bonds. The van der Waals surface area contributed by atoms with E-state index in [0.29, 0.717) is 10.6 Å². The molecule has 2 aromatic rings. The van der Waals surface area contributed by atoms with Gasteiger partial charge in [-0.15, -0.1) is 11.3 Å². The summed E-state index contributed by atoms with van der Waals surface area (Å²) in [6.45, 7) is 0.150. The van der Waals surface area contributed by atoms with Gasteiger partial charge in [-0.25, -0.2) is 14.2 Å². The fourth-order valence-electron chi connectivity index (χ4n) is 1.91. The van der Waals surface area contributed by atoms with Crippen LogP contribution in [0.25, 0.3) is 0 Å². The zero-order valence-corrected chi connectivity index (χ0v) is 13.2. The van der Waals surface area contributed by atoms with Gasteiger partial charge in [0.15, 0.2) is 17.3 Å². The van der Waals surface area contributed by atoms with Gasteiger partial charge in [-0.3, -0.25) is 4.79 Å². The third-order valence-electron chi connectivity index (χ3n) is 3.09. The van der Waals surface area contributed by atoms with Crippen molar-refractivity contribution in [3.63, 3.8) is 0 Å². The Balaban J connectivity index is 1.84. The second-order valence-corrected chi connectivity index (χ2v) is 5.58. The number of hydrogen-bond acceptors (Lipinski definition) is 5. The molecule has 23 heavy (non-hydrogen) atoms. The van der Waals surface area contributed by atoms with E-state index in [1.165, 1.54) is 18.6 Å². The van der Waals surface area contributed by atoms with Crippen LogP contribution in [0.1, 0.15) is 27.5 Å². The number of nitrogens with zero attached hydrogens (tertiary/aromatic N) is 1. The Bertz CT molecular complexity index is 717. The maximum absolute atomic E-state index is 13.9. The summed E-state index contributed by atoms with van der Waals surface area (Å²) in [4.78, 5) is 26.4. The molecule has 1 heterocycles. The predicted molar refractivity (Wildman–Crippen MR) is 82.2 cm³/mol. The first-order valence-electron chi connectivity index (χ1n) is 6.77. The lowest BCUT2D eigenvalue weighted by molar-refractivity contribution is -0.121. The Hall–Kier alpha value is -2.48. The van der Waals surface area contributed by atoms with Crippen LogP contribution < -0.4 is 10.1 Å². The average Bonchev–Trinajstić information content (AvgIpc) is 3.01. The van der Waals surface area contributed by atoms with Crippen molar-refractivity contribution in [2.75, 3.05) is 7.11 Å². The fraction of sp³-hybridized carbons (Fsp3) is 0.267. The molecule has 0 spiro atoms. The van der Waals surface area contributed by atoms with E-state index in [0.717, 1.165) is 11.3 Å². The average molecular weight is 338 g/mol. The molecule has 0 aliphatic carbocycles. The highest BCUT2D eigenvalue weighted by Crippen LogP contribution is 2.20. The first kappa shape index (κ1) is 16.9. The maximum Gasteiger partial charge on any atom is 0.355 e. The zero-order chi connectivity index (χ0) is 16.8. The molecule has 0 fully saturated rings. The zero-order valence-electron chi connectivity index (χ0n) is 12.3. The quantitative estimate of drug-likeness (QED) is 0.808. The number of rotatable bonds is 7. The largest absolute Gasteiger partial charge is 0.494 e. The summed E-state index contributed by atoms with van der Waals surface area (Å²) in [5, 5.41) is 13.3. The summed E-state index contributed by atoms with van der Waals surface area (Å²) < 4.78 is 18.8. The van der Waals surface area contributed by atoms with Crippen molar-refractivity contribution in [1.29, 1.82) is 0 Å². The second kappa shape index (κ2) is 7.68. The molecular weight excluding hydrogens is 323 g/mol. The van der Waals surface area contributed by atoms with Gasteiger partial charge < -0.3 is 15.2 Å². The van der Waals surface area contributed by atoms with E-state index in [4.69, 9.17) is 9.84 Å². The van der Waals surface area contributed by atoms with Crippen molar-refractivity contribution in [3.8, 4) is 5.75 Å². The lowest BCUT2D eigenvalue weighted by Crippen LogP contribution is -2.23. The van der Waals surface area contributed by atoms with Crippen LogP contribution >= 0.6 is 11.3 Å². The number of carbonyl (C=O) groups is 2. The summed E-state index contributed by atoms with van der Waals surface area (Å²) >= 11 is 1.16. The third-order valence-corrected chi connectivity index (χ3v) is 3.94. The molecule has 0 atom stereocenters. The van der Waals surface area contributed by atoms with Crippen molar-refractivity contribution in [2.24, 2.45) is 0 Å². The van der Waals surface area contributed by atoms with Crippen molar-refractivity contribution >= 4 is 23.2 Å². The molecule has 0 radical (unpaired) electrons. The Kier molecular flexibility index (Phi) is 5.64. The normalized spacial score (nSPS) is 10.3. The van der Waals surface area contributed by atoms with Crippen LogP contribution in [-0.2, 0) is 17.8 Å². The van der Waals surface area contributed by atoms with Crippen molar-refractivity contribution in [2.45, 2.75) is 19.4 Å². The minimum absolute atomic E-state index is 0.0438. The van der Waals surface area contributed by atoms with E-state index >= 15 is 0 Å². The highest BCUT2D eigenvalue weighted by molar-refractivity contribution is 7.09. The standard InChI is InChI=1S/C15H15FN2O4S/c1-22-11-4-2-3-9(14(11)16)5-6-12(19)17-7-13-18-10(8-23-13)15(20)21/h2-4,8H,5-7H2,1H3,(H,17,19)(H,20,21). The molecule has 8 heteroatoms. The molecule has 0 aliphatic heterocycles. The number of carboxylic acid groups (broad SMARTS) is 1. The molecule has 122 valence electrons. The van der Waals surface area contributed by atoms with Gasteiger partial charge in [-0.1, -0.05) is 12.1 Å². The first-order valence-corrected chi connectivity index (χ1v) is 7.65. The van der Waals surface area contributed by atoms with Gasteiger partial charge in [0, 0.05) is 11.8 Å². The number of amides is 1. The van der Waals surface area contributed by atoms with E-state index < -0.39 is 11.8 Å². The van der Waals surface area contributed by atoms with E-state index in [1.807, 2.05) is 0 Å². The minimum atomic E-state index is -1.10. The number of benzene rings is 1. The van der Waals surface area contributed by atoms with Crippen LogP contribution in [0.15, 0.2) is 23.6 Å². The number of aryl methyl sites for hydroxylation is 1. The number of carboxylic acids is 1. The number of nitrogens with one attached hydrogen (secondary N) is 1. The number of ether oxygens (including phenoxy) is 1. The van der Waals surface area contributed by atoms with Crippen LogP contribution in [0.4, 0.5) is 4.39 Å². The number of thiazole rings is 1. The number of methoxy groups -OCH3 is 1. The van der Waals surface area contributed by atoms with Crippen LogP contribution in [0.3, 0.4) is 0 Å². The molecule has 0 saturated carbocycles. The SMILES string of the molecule is COc1cccc(CCC(=O)NCc2nc(C(=O)O)cs2)c1F. The topological polar surface area (TPSA) is 88.5 Å². The van der Waals surface area contributed by atoms with Crippen LogP contribution in [-0.4, -0.2) is 29.1 Å². The van der Waals surface area contributed by atoms with Crippen molar-refractivity contribution < 1.29 is 23.8 Å². The molecule has 1 aromatic heterocycles. The fourth-order valence-corrected chi connectivity index (χ4v) is 2.62. The van der Waals surface area contributed by atoms with E-state index in [9.17, 15) is 14.0 Å². The molecule has 6 nitrogen and oxygen atoms in total. The number of aromatic carboxylic acids is 1. The lowest BCUT2D eigenvalue weighted by Gasteiger charge is -2.07. The molecule has 0 bridgehead atoms. The van der Waals surface area contributed by atoms with Crippen molar-refractivity contribution in [1.82, 2.24) is 10.3 Å². The van der Waals surface area contributed by atoms with Gasteiger partial charge in [0.1, 0.15) is 5.01 Å². The summed E-state index contributed by atoms with van der Waals surface area (Å²) in [5.74, 6) is -1.69. The van der Waals surface area contributed by atoms with Crippen molar-refractivity contribution in [3.05, 3.63) is 45.7 Å². The highest BCUT2D eigenvalue weighted by atomic mass is 32.1. The second-order valence-electron chi connectivity index (χ2n) is 4.64. The maximum atomic E-state index is 13.9. The number of halogens is 1. The van der Waals surface area contributed by atoms with Crippen LogP contribution in [0.5, 0.6) is 5.75 Å². The highest BCUT2D eigenvalue weighted by Gasteiger charge is 2.12. The monoisotopic (exact) mass is 338 g/mol. The van der Waals surface area contributed by atoms with Gasteiger partial charge in [0.05, 0.1) is 13.7 Å². The number of hydrogen-bond donors (Lipinski definition) is 2. The van der Waals surface area contributed by atoms with E-state index in [2.05, 4.69) is 10.3 Å². The molecule has 0 aliphatic rings. The molecule has 2 N–H and O–H groups in total. The van der Waals surface area contributed by atoms with E-state index in [-0.39, 0.29) is 36.7 Å². The number of carbonyl (C=O) groups excluding carboxylic acids is 1. The van der Waals surface area contributed by atoms with Crippen LogP contribution in [0.2, 0.25) is 0 Å².